The molecule has 1 fully saturated rings. The van der Waals surface area contributed by atoms with Gasteiger partial charge >= 0.3 is 6.18 Å². The minimum absolute atomic E-state index is 0.0638. The van der Waals surface area contributed by atoms with Gasteiger partial charge in [-0.1, -0.05) is 0 Å². The van der Waals surface area contributed by atoms with Gasteiger partial charge in [0, 0.05) is 13.1 Å². The highest BCUT2D eigenvalue weighted by Crippen LogP contribution is 2.39. The fourth-order valence-electron chi connectivity index (χ4n) is 2.21. The third kappa shape index (κ3) is 2.59. The van der Waals surface area contributed by atoms with Crippen molar-refractivity contribution in [2.75, 3.05) is 25.1 Å². The van der Waals surface area contributed by atoms with Crippen molar-refractivity contribution in [1.29, 1.82) is 0 Å². The summed E-state index contributed by atoms with van der Waals surface area (Å²) in [5, 5.41) is 0. The highest BCUT2D eigenvalue weighted by atomic mass is 19.4. The Morgan fingerprint density at radius 2 is 1.95 bits per heavy atom. The summed E-state index contributed by atoms with van der Waals surface area (Å²) in [6.45, 7) is -0.142. The molecule has 1 heterocycles. The first-order valence-corrected chi connectivity index (χ1v) is 5.68. The second-order valence-corrected chi connectivity index (χ2v) is 4.39. The van der Waals surface area contributed by atoms with Crippen molar-refractivity contribution >= 4 is 5.69 Å². The first-order valence-electron chi connectivity index (χ1n) is 5.68. The van der Waals surface area contributed by atoms with Gasteiger partial charge in [0.15, 0.2) is 11.6 Å². The second-order valence-electron chi connectivity index (χ2n) is 4.39. The van der Waals surface area contributed by atoms with Gasteiger partial charge in [0.1, 0.15) is 0 Å². The largest absolute Gasteiger partial charge is 0.491 e. The Morgan fingerprint density at radius 1 is 1.26 bits per heavy atom. The Labute approximate surface area is 106 Å². The molecule has 0 spiro atoms. The average molecular weight is 281 g/mol. The summed E-state index contributed by atoms with van der Waals surface area (Å²) in [4.78, 5) is 1.36. The molecule has 1 aliphatic rings. The minimum Gasteiger partial charge on any atom is -0.491 e. The lowest BCUT2D eigenvalue weighted by Crippen LogP contribution is -2.27. The predicted molar refractivity (Wildman–Crippen MR) is 59.3 cm³/mol. The summed E-state index contributed by atoms with van der Waals surface area (Å²) in [5.41, 5.74) is 0.146. The monoisotopic (exact) mass is 281 g/mol. The van der Waals surface area contributed by atoms with Crippen molar-refractivity contribution in [2.45, 2.75) is 12.6 Å². The lowest BCUT2D eigenvalue weighted by molar-refractivity contribution is -0.168. The topological polar surface area (TPSA) is 12.5 Å². The van der Waals surface area contributed by atoms with Crippen LogP contribution in [0.25, 0.3) is 0 Å². The van der Waals surface area contributed by atoms with Gasteiger partial charge in [-0.05, 0) is 18.6 Å². The Morgan fingerprint density at radius 3 is 2.47 bits per heavy atom. The molecule has 0 bridgehead atoms. The molecule has 1 saturated heterocycles. The van der Waals surface area contributed by atoms with Crippen LogP contribution in [-0.4, -0.2) is 26.4 Å². The predicted octanol–water partition coefficient (Wildman–Crippen LogP) is 3.36. The van der Waals surface area contributed by atoms with Gasteiger partial charge in [-0.3, -0.25) is 0 Å². The van der Waals surface area contributed by atoms with Crippen LogP contribution in [0.4, 0.5) is 27.6 Å². The molecule has 0 amide bonds. The maximum Gasteiger partial charge on any atom is 0.393 e. The fourth-order valence-corrected chi connectivity index (χ4v) is 2.21. The molecule has 1 aromatic carbocycles. The van der Waals surface area contributed by atoms with Gasteiger partial charge in [0.25, 0.3) is 0 Å². The SMILES string of the molecule is COc1c(N2CCC(C(F)(F)F)C2)ccc(F)c1F. The summed E-state index contributed by atoms with van der Waals surface area (Å²) in [6, 6.07) is 2.12. The van der Waals surface area contributed by atoms with Crippen LogP contribution in [-0.2, 0) is 0 Å². The van der Waals surface area contributed by atoms with Gasteiger partial charge < -0.3 is 9.64 Å². The van der Waals surface area contributed by atoms with Crippen molar-refractivity contribution < 1.29 is 26.7 Å². The minimum atomic E-state index is -4.28. The van der Waals surface area contributed by atoms with E-state index in [0.717, 1.165) is 13.2 Å². The number of alkyl halides is 3. The smallest absolute Gasteiger partial charge is 0.393 e. The van der Waals surface area contributed by atoms with Crippen molar-refractivity contribution in [3.8, 4) is 5.75 Å². The lowest BCUT2D eigenvalue weighted by Gasteiger charge is -2.22. The number of hydrogen-bond donors (Lipinski definition) is 0. The zero-order chi connectivity index (χ0) is 14.2. The zero-order valence-electron chi connectivity index (χ0n) is 10.1. The van der Waals surface area contributed by atoms with E-state index < -0.39 is 23.7 Å². The third-order valence-corrected chi connectivity index (χ3v) is 3.23. The van der Waals surface area contributed by atoms with Crippen molar-refractivity contribution in [3.05, 3.63) is 23.8 Å². The number of ether oxygens (including phenoxy) is 1. The molecule has 19 heavy (non-hydrogen) atoms. The van der Waals surface area contributed by atoms with Crippen LogP contribution in [0.2, 0.25) is 0 Å². The summed E-state index contributed by atoms with van der Waals surface area (Å²) < 4.78 is 69.0. The summed E-state index contributed by atoms with van der Waals surface area (Å²) in [5.74, 6) is -4.09. The van der Waals surface area contributed by atoms with E-state index in [9.17, 15) is 22.0 Å². The molecular formula is C12H12F5NO. The van der Waals surface area contributed by atoms with Crippen LogP contribution in [0.5, 0.6) is 5.75 Å². The normalized spacial score (nSPS) is 19.9. The van der Waals surface area contributed by atoms with Crippen LogP contribution >= 0.6 is 0 Å². The molecule has 1 aromatic rings. The molecule has 0 N–H and O–H groups in total. The van der Waals surface area contributed by atoms with Crippen LogP contribution < -0.4 is 9.64 Å². The number of rotatable bonds is 2. The van der Waals surface area contributed by atoms with Gasteiger partial charge in [0.05, 0.1) is 18.7 Å². The molecule has 0 saturated carbocycles. The molecule has 0 radical (unpaired) electrons. The van der Waals surface area contributed by atoms with E-state index in [1.54, 1.807) is 0 Å². The first kappa shape index (κ1) is 13.9. The van der Waals surface area contributed by atoms with Crippen molar-refractivity contribution in [1.82, 2.24) is 0 Å². The maximum absolute atomic E-state index is 13.5. The van der Waals surface area contributed by atoms with Gasteiger partial charge in [-0.2, -0.15) is 17.6 Å². The Hall–Kier alpha value is -1.53. The maximum atomic E-state index is 13.5. The molecule has 0 aromatic heterocycles. The number of hydrogen-bond acceptors (Lipinski definition) is 2. The van der Waals surface area contributed by atoms with Gasteiger partial charge in [0.2, 0.25) is 5.82 Å². The molecule has 0 aliphatic carbocycles. The standard InChI is InChI=1S/C12H12F5NO/c1-19-11-9(3-2-8(13)10(11)14)18-5-4-7(6-18)12(15,16)17/h2-3,7H,4-6H2,1H3. The summed E-state index contributed by atoms with van der Waals surface area (Å²) in [7, 11) is 1.15. The van der Waals surface area contributed by atoms with Crippen molar-refractivity contribution in [2.24, 2.45) is 5.92 Å². The fraction of sp³-hybridized carbons (Fsp3) is 0.500. The van der Waals surface area contributed by atoms with Crippen LogP contribution in [0.15, 0.2) is 12.1 Å². The van der Waals surface area contributed by atoms with Crippen LogP contribution in [0, 0.1) is 17.6 Å². The summed E-state index contributed by atoms with van der Waals surface area (Å²) >= 11 is 0. The highest BCUT2D eigenvalue weighted by molar-refractivity contribution is 5.60. The van der Waals surface area contributed by atoms with E-state index in [1.807, 2.05) is 0 Å². The summed E-state index contributed by atoms with van der Waals surface area (Å²) in [6.07, 6.45) is -4.34. The van der Waals surface area contributed by atoms with E-state index in [0.29, 0.717) is 0 Å². The van der Waals surface area contributed by atoms with E-state index in [1.165, 1.54) is 11.0 Å². The highest BCUT2D eigenvalue weighted by Gasteiger charge is 2.44. The molecule has 1 unspecified atom stereocenters. The zero-order valence-corrected chi connectivity index (χ0v) is 10.1. The molecule has 1 atom stereocenters. The molecule has 2 rings (SSSR count). The molecule has 106 valence electrons. The van der Waals surface area contributed by atoms with E-state index in [4.69, 9.17) is 4.74 Å². The molecule has 7 heteroatoms. The third-order valence-electron chi connectivity index (χ3n) is 3.23. The Kier molecular flexibility index (Phi) is 3.56. The quantitative estimate of drug-likeness (QED) is 0.771. The van der Waals surface area contributed by atoms with Crippen LogP contribution in [0.3, 0.4) is 0 Å². The molecule has 1 aliphatic heterocycles. The number of halogens is 5. The van der Waals surface area contributed by atoms with E-state index >= 15 is 0 Å². The number of benzene rings is 1. The van der Waals surface area contributed by atoms with Crippen molar-refractivity contribution in [3.63, 3.8) is 0 Å². The van der Waals surface area contributed by atoms with E-state index in [-0.39, 0.29) is 30.9 Å². The van der Waals surface area contributed by atoms with E-state index in [2.05, 4.69) is 0 Å². The Balaban J connectivity index is 2.27. The average Bonchev–Trinajstić information content (AvgIpc) is 2.81. The molecular weight excluding hydrogens is 269 g/mol. The lowest BCUT2D eigenvalue weighted by atomic mass is 10.1. The van der Waals surface area contributed by atoms with Gasteiger partial charge in [-0.15, -0.1) is 0 Å². The second kappa shape index (κ2) is 4.86. The number of nitrogens with zero attached hydrogens (tertiary/aromatic N) is 1. The number of methoxy groups -OCH3 is 1. The first-order chi connectivity index (χ1) is 8.84. The molecule has 2 nitrogen and oxygen atoms in total. The Bertz CT molecular complexity index is 474. The number of anilines is 1. The van der Waals surface area contributed by atoms with Crippen LogP contribution in [0.1, 0.15) is 6.42 Å². The van der Waals surface area contributed by atoms with Gasteiger partial charge in [-0.25, -0.2) is 4.39 Å².